The normalized spacial score (nSPS) is 29.8. The van der Waals surface area contributed by atoms with E-state index in [9.17, 15) is 22.4 Å². The molecule has 1 aliphatic heterocycles. The molecule has 2 atom stereocenters. The summed E-state index contributed by atoms with van der Waals surface area (Å²) in [4.78, 5) is 10.0. The van der Waals surface area contributed by atoms with Gasteiger partial charge in [0.15, 0.2) is 0 Å². The summed E-state index contributed by atoms with van der Waals surface area (Å²) < 4.78 is 56.6. The Morgan fingerprint density at radius 3 is 2.25 bits per heavy atom. The average Bonchev–Trinajstić information content (AvgIpc) is 2.06. The number of halogens is 4. The molecule has 0 N–H and O–H groups in total. The molecule has 0 radical (unpaired) electrons. The number of cyclic esters (lactones) is 2. The molecule has 2 unspecified atom stereocenters. The van der Waals surface area contributed by atoms with Crippen LogP contribution in [0.25, 0.3) is 0 Å². The maximum Gasteiger partial charge on any atom is 0.525 e. The van der Waals surface area contributed by atoms with Gasteiger partial charge in [-0.05, 0) is 0 Å². The van der Waals surface area contributed by atoms with Crippen molar-refractivity contribution in [3.05, 3.63) is 0 Å². The number of carbonyl (C=O) groups is 1. The van der Waals surface area contributed by atoms with E-state index in [1.165, 1.54) is 0 Å². The number of alkyl halides is 4. The Hall–Kier alpha value is -1.05. The van der Waals surface area contributed by atoms with E-state index >= 15 is 0 Å². The molecule has 0 aromatic rings. The van der Waals surface area contributed by atoms with Crippen molar-refractivity contribution >= 4 is 6.16 Å². The van der Waals surface area contributed by atoms with Gasteiger partial charge in [0.2, 0.25) is 0 Å². The Labute approximate surface area is 63.0 Å². The van der Waals surface area contributed by atoms with Gasteiger partial charge in [0, 0.05) is 0 Å². The number of carbonyl (C=O) groups excluding carboxylic acids is 1. The highest BCUT2D eigenvalue weighted by molar-refractivity contribution is 5.61. The highest BCUT2D eigenvalue weighted by Gasteiger charge is 2.45. The molecule has 1 saturated heterocycles. The lowest BCUT2D eigenvalue weighted by molar-refractivity contribution is -0.377. The standard InChI is InChI=1S/C4H2F4O4/c5-1-2(11-3(9)10-1)12-4(6,7)8/h1-2H. The van der Waals surface area contributed by atoms with Crippen LogP contribution < -0.4 is 0 Å². The predicted octanol–water partition coefficient (Wildman–Crippen LogP) is 1.31. The molecule has 0 saturated carbocycles. The summed E-state index contributed by atoms with van der Waals surface area (Å²) in [6.45, 7) is 0. The summed E-state index contributed by atoms with van der Waals surface area (Å²) in [5.74, 6) is 0. The zero-order valence-electron chi connectivity index (χ0n) is 5.30. The van der Waals surface area contributed by atoms with E-state index < -0.39 is 25.2 Å². The fourth-order valence-corrected chi connectivity index (χ4v) is 0.533. The quantitative estimate of drug-likeness (QED) is 0.461. The number of rotatable bonds is 1. The minimum Gasteiger partial charge on any atom is -0.397 e. The zero-order chi connectivity index (χ0) is 9.35. The maximum absolute atomic E-state index is 12.2. The molecule has 0 aliphatic carbocycles. The molecule has 4 nitrogen and oxygen atoms in total. The largest absolute Gasteiger partial charge is 0.525 e. The number of ether oxygens (including phenoxy) is 3. The van der Waals surface area contributed by atoms with Gasteiger partial charge in [0.05, 0.1) is 0 Å². The SMILES string of the molecule is O=C1OC(F)C(OC(F)(F)F)O1. The molecule has 0 spiro atoms. The maximum atomic E-state index is 12.2. The van der Waals surface area contributed by atoms with E-state index in [-0.39, 0.29) is 0 Å². The Morgan fingerprint density at radius 1 is 1.33 bits per heavy atom. The van der Waals surface area contributed by atoms with Crippen molar-refractivity contribution in [1.29, 1.82) is 0 Å². The highest BCUT2D eigenvalue weighted by atomic mass is 19.4. The van der Waals surface area contributed by atoms with Crippen molar-refractivity contribution in [3.8, 4) is 0 Å². The molecular weight excluding hydrogens is 188 g/mol. The minimum atomic E-state index is -5.07. The van der Waals surface area contributed by atoms with E-state index in [1.54, 1.807) is 0 Å². The van der Waals surface area contributed by atoms with Crippen molar-refractivity contribution < 1.29 is 36.6 Å². The lowest BCUT2D eigenvalue weighted by Crippen LogP contribution is -2.29. The molecule has 8 heteroatoms. The summed E-state index contributed by atoms with van der Waals surface area (Å²) >= 11 is 0. The van der Waals surface area contributed by atoms with Crippen LogP contribution >= 0.6 is 0 Å². The van der Waals surface area contributed by atoms with E-state index in [1.807, 2.05) is 0 Å². The van der Waals surface area contributed by atoms with Gasteiger partial charge in [-0.3, -0.25) is 0 Å². The van der Waals surface area contributed by atoms with Crippen LogP contribution in [0.4, 0.5) is 22.4 Å². The lowest BCUT2D eigenvalue weighted by atomic mass is 10.6. The fourth-order valence-electron chi connectivity index (χ4n) is 0.533. The summed E-state index contributed by atoms with van der Waals surface area (Å²) in [6, 6.07) is 0. The first kappa shape index (κ1) is 9.04. The molecule has 0 amide bonds. The second-order valence-electron chi connectivity index (χ2n) is 1.77. The molecule has 1 aliphatic rings. The topological polar surface area (TPSA) is 44.8 Å². The summed E-state index contributed by atoms with van der Waals surface area (Å²) in [5, 5.41) is 0. The first-order valence-corrected chi connectivity index (χ1v) is 2.64. The molecule has 70 valence electrons. The predicted molar refractivity (Wildman–Crippen MR) is 23.4 cm³/mol. The van der Waals surface area contributed by atoms with Crippen LogP contribution in [0.5, 0.6) is 0 Å². The van der Waals surface area contributed by atoms with Crippen LogP contribution in [0.1, 0.15) is 0 Å². The Bertz CT molecular complexity index is 190. The molecule has 1 heterocycles. The molecule has 0 aromatic heterocycles. The van der Waals surface area contributed by atoms with Gasteiger partial charge in [-0.15, -0.1) is 13.2 Å². The van der Waals surface area contributed by atoms with Crippen molar-refractivity contribution in [1.82, 2.24) is 0 Å². The first-order valence-electron chi connectivity index (χ1n) is 2.64. The second kappa shape index (κ2) is 2.77. The van der Waals surface area contributed by atoms with E-state index in [4.69, 9.17) is 0 Å². The molecule has 0 bridgehead atoms. The van der Waals surface area contributed by atoms with Crippen LogP contribution in [0.15, 0.2) is 0 Å². The van der Waals surface area contributed by atoms with E-state index in [2.05, 4.69) is 14.2 Å². The van der Waals surface area contributed by atoms with Crippen molar-refractivity contribution in [2.24, 2.45) is 0 Å². The van der Waals surface area contributed by atoms with Gasteiger partial charge in [0.25, 0.3) is 6.29 Å². The summed E-state index contributed by atoms with van der Waals surface area (Å²) in [5.41, 5.74) is 0. The van der Waals surface area contributed by atoms with Gasteiger partial charge in [-0.25, -0.2) is 9.53 Å². The molecule has 1 fully saturated rings. The average molecular weight is 190 g/mol. The second-order valence-corrected chi connectivity index (χ2v) is 1.77. The smallest absolute Gasteiger partial charge is 0.397 e. The fraction of sp³-hybridized carbons (Fsp3) is 0.750. The van der Waals surface area contributed by atoms with Gasteiger partial charge in [-0.2, -0.15) is 4.39 Å². The first-order chi connectivity index (χ1) is 5.38. The monoisotopic (exact) mass is 190 g/mol. The third-order valence-corrected chi connectivity index (χ3v) is 0.885. The van der Waals surface area contributed by atoms with Crippen LogP contribution in [0.3, 0.4) is 0 Å². The van der Waals surface area contributed by atoms with Crippen molar-refractivity contribution in [2.45, 2.75) is 19.0 Å². The third-order valence-electron chi connectivity index (χ3n) is 0.885. The molecule has 1 rings (SSSR count). The summed E-state index contributed by atoms with van der Waals surface area (Å²) in [7, 11) is 0. The third kappa shape index (κ3) is 2.22. The number of hydrogen-bond acceptors (Lipinski definition) is 4. The van der Waals surface area contributed by atoms with Gasteiger partial charge < -0.3 is 9.47 Å². The molecular formula is C4H2F4O4. The zero-order valence-corrected chi connectivity index (χ0v) is 5.30. The Kier molecular flexibility index (Phi) is 2.09. The van der Waals surface area contributed by atoms with E-state index in [0.29, 0.717) is 0 Å². The van der Waals surface area contributed by atoms with E-state index in [0.717, 1.165) is 0 Å². The summed E-state index contributed by atoms with van der Waals surface area (Å²) in [6.07, 6.45) is -11.5. The lowest BCUT2D eigenvalue weighted by Gasteiger charge is -2.11. The van der Waals surface area contributed by atoms with Gasteiger partial charge in [-0.1, -0.05) is 0 Å². The van der Waals surface area contributed by atoms with Crippen LogP contribution in [0, 0.1) is 0 Å². The van der Waals surface area contributed by atoms with Crippen LogP contribution in [-0.2, 0) is 14.2 Å². The highest BCUT2D eigenvalue weighted by Crippen LogP contribution is 2.26. The minimum absolute atomic E-state index is 1.53. The Balaban J connectivity index is 2.48. The van der Waals surface area contributed by atoms with Gasteiger partial charge >= 0.3 is 18.9 Å². The number of hydrogen-bond donors (Lipinski definition) is 0. The van der Waals surface area contributed by atoms with Crippen LogP contribution in [0.2, 0.25) is 0 Å². The Morgan fingerprint density at radius 2 is 1.92 bits per heavy atom. The molecule has 0 aromatic carbocycles. The van der Waals surface area contributed by atoms with Gasteiger partial charge in [0.1, 0.15) is 0 Å². The molecule has 12 heavy (non-hydrogen) atoms. The van der Waals surface area contributed by atoms with Crippen molar-refractivity contribution in [3.63, 3.8) is 0 Å². The van der Waals surface area contributed by atoms with Crippen molar-refractivity contribution in [2.75, 3.05) is 0 Å². The van der Waals surface area contributed by atoms with Crippen LogP contribution in [-0.4, -0.2) is 25.2 Å².